The number of anilines is 1. The van der Waals surface area contributed by atoms with Gasteiger partial charge >= 0.3 is 0 Å². The summed E-state index contributed by atoms with van der Waals surface area (Å²) in [6, 6.07) is 24.1. The van der Waals surface area contributed by atoms with E-state index in [-0.39, 0.29) is 6.04 Å². The zero-order valence-corrected chi connectivity index (χ0v) is 18.6. The van der Waals surface area contributed by atoms with Crippen LogP contribution in [0.3, 0.4) is 0 Å². The molecule has 2 unspecified atom stereocenters. The highest BCUT2D eigenvalue weighted by Crippen LogP contribution is 2.31. The van der Waals surface area contributed by atoms with Crippen molar-refractivity contribution in [2.75, 3.05) is 5.32 Å². The molecule has 0 aliphatic carbocycles. The van der Waals surface area contributed by atoms with E-state index >= 15 is 0 Å². The third-order valence-corrected chi connectivity index (χ3v) is 5.76. The number of benzene rings is 3. The predicted molar refractivity (Wildman–Crippen MR) is 118 cm³/mol. The van der Waals surface area contributed by atoms with Crippen LogP contribution >= 0.6 is 47.8 Å². The lowest BCUT2D eigenvalue weighted by Crippen LogP contribution is -2.15. The molecule has 0 heterocycles. The van der Waals surface area contributed by atoms with Gasteiger partial charge in [0.05, 0.1) is 12.1 Å². The summed E-state index contributed by atoms with van der Waals surface area (Å²) >= 11 is 10.4. The minimum absolute atomic E-state index is 0.0112. The molecule has 5 heteroatoms. The Morgan fingerprint density at radius 1 is 0.654 bits per heavy atom. The van der Waals surface area contributed by atoms with Crippen LogP contribution in [0.5, 0.6) is 0 Å². The fourth-order valence-electron chi connectivity index (χ4n) is 2.77. The second-order valence-electron chi connectivity index (χ2n) is 6.06. The van der Waals surface area contributed by atoms with Crippen LogP contribution in [-0.2, 0) is 0 Å². The van der Waals surface area contributed by atoms with Crippen LogP contribution in [-0.4, -0.2) is 5.11 Å². The number of aliphatic hydroxyl groups is 1. The maximum absolute atomic E-state index is 10.7. The monoisotopic (exact) mass is 537 g/mol. The van der Waals surface area contributed by atoms with Gasteiger partial charge in [-0.1, -0.05) is 72.1 Å². The quantitative estimate of drug-likeness (QED) is 0.346. The molecule has 3 rings (SSSR count). The molecule has 0 aliphatic heterocycles. The third kappa shape index (κ3) is 5.43. The second kappa shape index (κ2) is 9.18. The van der Waals surface area contributed by atoms with Gasteiger partial charge < -0.3 is 10.4 Å². The van der Waals surface area contributed by atoms with E-state index in [0.717, 1.165) is 30.2 Å². The highest BCUT2D eigenvalue weighted by molar-refractivity contribution is 9.11. The van der Waals surface area contributed by atoms with Crippen LogP contribution in [0.15, 0.2) is 86.2 Å². The normalized spacial score (nSPS) is 13.2. The lowest BCUT2D eigenvalue weighted by molar-refractivity contribution is 0.160. The van der Waals surface area contributed by atoms with E-state index in [2.05, 4.69) is 65.2 Å². The van der Waals surface area contributed by atoms with Gasteiger partial charge in [-0.25, -0.2) is 0 Å². The summed E-state index contributed by atoms with van der Waals surface area (Å²) in [5.41, 5.74) is 3.06. The molecule has 26 heavy (non-hydrogen) atoms. The average molecular weight is 540 g/mol. The molecule has 134 valence electrons. The Bertz CT molecular complexity index is 833. The average Bonchev–Trinajstić information content (AvgIpc) is 2.64. The van der Waals surface area contributed by atoms with Crippen molar-refractivity contribution in [1.29, 1.82) is 0 Å². The Morgan fingerprint density at radius 2 is 1.08 bits per heavy atom. The Kier molecular flexibility index (Phi) is 6.92. The topological polar surface area (TPSA) is 32.3 Å². The van der Waals surface area contributed by atoms with Gasteiger partial charge in [-0.05, 0) is 59.7 Å². The SMILES string of the molecule is OC(CC(Nc1ccc(Br)cc1)c1ccc(Br)cc1)c1ccc(Br)cc1. The molecule has 3 aromatic rings. The second-order valence-corrected chi connectivity index (χ2v) is 8.81. The molecule has 0 fully saturated rings. The highest BCUT2D eigenvalue weighted by atomic mass is 79.9. The molecule has 2 atom stereocenters. The lowest BCUT2D eigenvalue weighted by atomic mass is 9.96. The fraction of sp³-hybridized carbons (Fsp3) is 0.143. The summed E-state index contributed by atoms with van der Waals surface area (Å²) in [4.78, 5) is 0. The van der Waals surface area contributed by atoms with Crippen LogP contribution in [0.4, 0.5) is 5.69 Å². The zero-order chi connectivity index (χ0) is 18.5. The Morgan fingerprint density at radius 3 is 1.58 bits per heavy atom. The van der Waals surface area contributed by atoms with Crippen molar-refractivity contribution >= 4 is 53.5 Å². The number of hydrogen-bond donors (Lipinski definition) is 2. The van der Waals surface area contributed by atoms with E-state index in [0.29, 0.717) is 6.42 Å². The third-order valence-electron chi connectivity index (χ3n) is 4.17. The van der Waals surface area contributed by atoms with Crippen molar-refractivity contribution in [3.8, 4) is 0 Å². The Labute approximate surface area is 179 Å². The van der Waals surface area contributed by atoms with Gasteiger partial charge in [0.2, 0.25) is 0 Å². The maximum atomic E-state index is 10.7. The molecule has 0 saturated heterocycles. The van der Waals surface area contributed by atoms with Crippen LogP contribution < -0.4 is 5.32 Å². The first kappa shape index (κ1) is 19.6. The molecular formula is C21H18Br3NO. The standard InChI is InChI=1S/C21H18Br3NO/c22-16-5-1-14(2-6-16)20(25-19-11-9-18(24)10-12-19)13-21(26)15-3-7-17(23)8-4-15/h1-12,20-21,25-26H,13H2. The minimum atomic E-state index is -0.556. The van der Waals surface area contributed by atoms with Crippen LogP contribution in [0.25, 0.3) is 0 Å². The number of nitrogens with one attached hydrogen (secondary N) is 1. The predicted octanol–water partition coefficient (Wildman–Crippen LogP) is 7.25. The van der Waals surface area contributed by atoms with Gasteiger partial charge in [-0.2, -0.15) is 0 Å². The van der Waals surface area contributed by atoms with Crippen LogP contribution in [0, 0.1) is 0 Å². The molecule has 0 aliphatic rings. The van der Waals surface area contributed by atoms with Crippen molar-refractivity contribution < 1.29 is 5.11 Å². The summed E-state index contributed by atoms with van der Waals surface area (Å²) in [6.45, 7) is 0. The molecule has 0 radical (unpaired) electrons. The highest BCUT2D eigenvalue weighted by Gasteiger charge is 2.18. The summed E-state index contributed by atoms with van der Waals surface area (Å²) in [5, 5.41) is 14.3. The first-order chi connectivity index (χ1) is 12.5. The largest absolute Gasteiger partial charge is 0.388 e. The van der Waals surface area contributed by atoms with Gasteiger partial charge in [-0.15, -0.1) is 0 Å². The van der Waals surface area contributed by atoms with Gasteiger partial charge in [0, 0.05) is 25.5 Å². The van der Waals surface area contributed by atoms with Gasteiger partial charge in [0.1, 0.15) is 0 Å². The van der Waals surface area contributed by atoms with E-state index in [1.807, 2.05) is 60.7 Å². The smallest absolute Gasteiger partial charge is 0.0813 e. The van der Waals surface area contributed by atoms with E-state index in [4.69, 9.17) is 0 Å². The molecule has 0 spiro atoms. The zero-order valence-electron chi connectivity index (χ0n) is 13.9. The van der Waals surface area contributed by atoms with Gasteiger partial charge in [0.25, 0.3) is 0 Å². The molecule has 0 amide bonds. The van der Waals surface area contributed by atoms with Crippen molar-refractivity contribution in [2.24, 2.45) is 0 Å². The summed E-state index contributed by atoms with van der Waals surface area (Å²) in [6.07, 6.45) is 0.0129. The first-order valence-electron chi connectivity index (χ1n) is 8.22. The summed E-state index contributed by atoms with van der Waals surface area (Å²) in [7, 11) is 0. The van der Waals surface area contributed by atoms with Crippen molar-refractivity contribution in [2.45, 2.75) is 18.6 Å². The number of rotatable bonds is 6. The molecule has 2 nitrogen and oxygen atoms in total. The lowest BCUT2D eigenvalue weighted by Gasteiger charge is -2.24. The van der Waals surface area contributed by atoms with Crippen molar-refractivity contribution in [3.63, 3.8) is 0 Å². The van der Waals surface area contributed by atoms with Crippen LogP contribution in [0.2, 0.25) is 0 Å². The van der Waals surface area contributed by atoms with E-state index in [1.165, 1.54) is 0 Å². The van der Waals surface area contributed by atoms with Crippen molar-refractivity contribution in [3.05, 3.63) is 97.3 Å². The maximum Gasteiger partial charge on any atom is 0.0813 e. The first-order valence-corrected chi connectivity index (χ1v) is 10.6. The molecule has 3 aromatic carbocycles. The Hall–Kier alpha value is -1.14. The molecule has 0 bridgehead atoms. The summed E-state index contributed by atoms with van der Waals surface area (Å²) in [5.74, 6) is 0. The van der Waals surface area contributed by atoms with Gasteiger partial charge in [-0.3, -0.25) is 0 Å². The number of aliphatic hydroxyl groups excluding tert-OH is 1. The van der Waals surface area contributed by atoms with Crippen molar-refractivity contribution in [1.82, 2.24) is 0 Å². The van der Waals surface area contributed by atoms with E-state index < -0.39 is 6.10 Å². The minimum Gasteiger partial charge on any atom is -0.388 e. The summed E-state index contributed by atoms with van der Waals surface area (Å²) < 4.78 is 3.08. The van der Waals surface area contributed by atoms with E-state index in [9.17, 15) is 5.11 Å². The Balaban J connectivity index is 1.83. The van der Waals surface area contributed by atoms with Gasteiger partial charge in [0.15, 0.2) is 0 Å². The molecule has 0 aromatic heterocycles. The molecular weight excluding hydrogens is 522 g/mol. The number of halogens is 3. The fourth-order valence-corrected chi connectivity index (χ4v) is 3.56. The van der Waals surface area contributed by atoms with E-state index in [1.54, 1.807) is 0 Å². The molecule has 2 N–H and O–H groups in total. The van der Waals surface area contributed by atoms with Crippen LogP contribution in [0.1, 0.15) is 29.7 Å². The number of hydrogen-bond acceptors (Lipinski definition) is 2. The molecule has 0 saturated carbocycles.